The van der Waals surface area contributed by atoms with Crippen LogP contribution in [-0.2, 0) is 0 Å². The highest BCUT2D eigenvalue weighted by Crippen LogP contribution is 2.51. The first-order valence-corrected chi connectivity index (χ1v) is 5.95. The first kappa shape index (κ1) is 12.5. The normalized spacial score (nSPS) is 23.5. The molecule has 2 heteroatoms. The van der Waals surface area contributed by atoms with Crippen molar-refractivity contribution in [1.82, 2.24) is 5.32 Å². The van der Waals surface area contributed by atoms with Crippen LogP contribution in [0.2, 0.25) is 0 Å². The Hall–Kier alpha value is -0.550. The topological polar surface area (TPSA) is 35.8 Å². The van der Waals surface area contributed by atoms with Gasteiger partial charge >= 0.3 is 0 Å². The van der Waals surface area contributed by atoms with Crippen molar-refractivity contribution in [1.29, 1.82) is 5.26 Å². The SMILES string of the molecule is CC(C)(CCC#N)CNCC1CC1(C)C. The summed E-state index contributed by atoms with van der Waals surface area (Å²) in [7, 11) is 0. The zero-order valence-corrected chi connectivity index (χ0v) is 10.6. The Kier molecular flexibility index (Phi) is 3.78. The van der Waals surface area contributed by atoms with Gasteiger partial charge in [0.1, 0.15) is 0 Å². The van der Waals surface area contributed by atoms with Gasteiger partial charge in [-0.2, -0.15) is 5.26 Å². The van der Waals surface area contributed by atoms with Crippen molar-refractivity contribution in [3.8, 4) is 6.07 Å². The molecule has 1 saturated carbocycles. The van der Waals surface area contributed by atoms with Gasteiger partial charge < -0.3 is 5.32 Å². The molecular formula is C13H24N2. The second-order valence-corrected chi connectivity index (χ2v) is 6.34. The van der Waals surface area contributed by atoms with Crippen molar-refractivity contribution in [2.75, 3.05) is 13.1 Å². The van der Waals surface area contributed by atoms with Crippen molar-refractivity contribution in [2.45, 2.75) is 47.0 Å². The Morgan fingerprint density at radius 2 is 2.07 bits per heavy atom. The van der Waals surface area contributed by atoms with Crippen molar-refractivity contribution in [2.24, 2.45) is 16.7 Å². The number of rotatable bonds is 6. The van der Waals surface area contributed by atoms with E-state index in [2.05, 4.69) is 39.1 Å². The maximum absolute atomic E-state index is 8.55. The molecule has 1 unspecified atom stereocenters. The molecule has 1 atom stereocenters. The molecule has 1 aliphatic rings. The van der Waals surface area contributed by atoms with Gasteiger partial charge in [0, 0.05) is 13.0 Å². The van der Waals surface area contributed by atoms with Crippen LogP contribution in [0.3, 0.4) is 0 Å². The Bertz CT molecular complexity index is 248. The zero-order valence-electron chi connectivity index (χ0n) is 10.6. The maximum Gasteiger partial charge on any atom is 0.0621 e. The summed E-state index contributed by atoms with van der Waals surface area (Å²) >= 11 is 0. The third kappa shape index (κ3) is 4.22. The molecule has 0 amide bonds. The zero-order chi connectivity index (χ0) is 11.5. The van der Waals surface area contributed by atoms with E-state index < -0.39 is 0 Å². The van der Waals surface area contributed by atoms with E-state index in [4.69, 9.17) is 5.26 Å². The van der Waals surface area contributed by atoms with Crippen LogP contribution in [0, 0.1) is 28.1 Å². The van der Waals surface area contributed by atoms with Crippen molar-refractivity contribution in [3.63, 3.8) is 0 Å². The first-order chi connectivity index (χ1) is 6.87. The molecule has 0 aromatic carbocycles. The molecule has 1 aliphatic carbocycles. The Morgan fingerprint density at radius 1 is 1.47 bits per heavy atom. The van der Waals surface area contributed by atoms with Gasteiger partial charge in [0.05, 0.1) is 6.07 Å². The van der Waals surface area contributed by atoms with E-state index in [-0.39, 0.29) is 5.41 Å². The quantitative estimate of drug-likeness (QED) is 0.728. The number of nitrogens with one attached hydrogen (secondary N) is 1. The number of hydrogen-bond donors (Lipinski definition) is 1. The fourth-order valence-corrected chi connectivity index (χ4v) is 1.99. The van der Waals surface area contributed by atoms with Crippen molar-refractivity contribution >= 4 is 0 Å². The molecule has 0 saturated heterocycles. The van der Waals surface area contributed by atoms with Gasteiger partial charge in [-0.05, 0) is 36.1 Å². The van der Waals surface area contributed by atoms with Crippen LogP contribution in [0.15, 0.2) is 0 Å². The third-order valence-corrected chi connectivity index (χ3v) is 3.63. The molecule has 1 N–H and O–H groups in total. The van der Waals surface area contributed by atoms with Crippen molar-refractivity contribution < 1.29 is 0 Å². The molecule has 0 heterocycles. The molecule has 0 bridgehead atoms. The second kappa shape index (κ2) is 4.53. The molecule has 0 aliphatic heterocycles. The summed E-state index contributed by atoms with van der Waals surface area (Å²) < 4.78 is 0. The van der Waals surface area contributed by atoms with Gasteiger partial charge in [0.15, 0.2) is 0 Å². The molecule has 0 aromatic rings. The van der Waals surface area contributed by atoms with Crippen LogP contribution in [0.4, 0.5) is 0 Å². The van der Waals surface area contributed by atoms with Crippen LogP contribution < -0.4 is 5.32 Å². The lowest BCUT2D eigenvalue weighted by Crippen LogP contribution is -2.31. The van der Waals surface area contributed by atoms with Gasteiger partial charge in [-0.3, -0.25) is 0 Å². The number of nitriles is 1. The highest BCUT2D eigenvalue weighted by Gasteiger charge is 2.44. The summed E-state index contributed by atoms with van der Waals surface area (Å²) in [4.78, 5) is 0. The summed E-state index contributed by atoms with van der Waals surface area (Å²) in [6.07, 6.45) is 3.02. The average molecular weight is 208 g/mol. The highest BCUT2D eigenvalue weighted by molar-refractivity contribution is 4.96. The predicted molar refractivity (Wildman–Crippen MR) is 63.4 cm³/mol. The smallest absolute Gasteiger partial charge is 0.0621 e. The van der Waals surface area contributed by atoms with Gasteiger partial charge in [0.25, 0.3) is 0 Å². The minimum Gasteiger partial charge on any atom is -0.316 e. The first-order valence-electron chi connectivity index (χ1n) is 5.95. The fraction of sp³-hybridized carbons (Fsp3) is 0.923. The van der Waals surface area contributed by atoms with Crippen LogP contribution in [0.5, 0.6) is 0 Å². The molecule has 2 nitrogen and oxygen atoms in total. The Morgan fingerprint density at radius 3 is 2.53 bits per heavy atom. The molecule has 0 radical (unpaired) electrons. The molecule has 1 rings (SSSR count). The summed E-state index contributed by atoms with van der Waals surface area (Å²) in [5.41, 5.74) is 0.832. The van der Waals surface area contributed by atoms with Gasteiger partial charge in [-0.1, -0.05) is 27.7 Å². The minimum atomic E-state index is 0.259. The lowest BCUT2D eigenvalue weighted by Gasteiger charge is -2.24. The van der Waals surface area contributed by atoms with Gasteiger partial charge in [0.2, 0.25) is 0 Å². The van der Waals surface area contributed by atoms with Gasteiger partial charge in [-0.15, -0.1) is 0 Å². The van der Waals surface area contributed by atoms with Gasteiger partial charge in [-0.25, -0.2) is 0 Å². The van der Waals surface area contributed by atoms with E-state index >= 15 is 0 Å². The monoisotopic (exact) mass is 208 g/mol. The summed E-state index contributed by atoms with van der Waals surface area (Å²) in [5.74, 6) is 0.865. The van der Waals surface area contributed by atoms with E-state index in [1.165, 1.54) is 6.42 Å². The van der Waals surface area contributed by atoms with E-state index in [1.54, 1.807) is 0 Å². The number of hydrogen-bond acceptors (Lipinski definition) is 2. The largest absolute Gasteiger partial charge is 0.316 e. The van der Waals surface area contributed by atoms with Crippen LogP contribution in [0.25, 0.3) is 0 Å². The molecule has 15 heavy (non-hydrogen) atoms. The summed E-state index contributed by atoms with van der Waals surface area (Å²) in [5, 5.41) is 12.1. The van der Waals surface area contributed by atoms with Crippen LogP contribution in [-0.4, -0.2) is 13.1 Å². The maximum atomic E-state index is 8.55. The second-order valence-electron chi connectivity index (χ2n) is 6.34. The fourth-order valence-electron chi connectivity index (χ4n) is 1.99. The lowest BCUT2D eigenvalue weighted by atomic mass is 9.88. The average Bonchev–Trinajstić information content (AvgIpc) is 2.71. The van der Waals surface area contributed by atoms with E-state index in [9.17, 15) is 0 Å². The molecule has 1 fully saturated rings. The molecule has 86 valence electrons. The molecule has 0 spiro atoms. The minimum absolute atomic E-state index is 0.259. The third-order valence-electron chi connectivity index (χ3n) is 3.63. The highest BCUT2D eigenvalue weighted by atomic mass is 14.9. The summed E-state index contributed by atoms with van der Waals surface area (Å²) in [6.45, 7) is 11.3. The predicted octanol–water partition coefficient (Wildman–Crippen LogP) is 2.95. The lowest BCUT2D eigenvalue weighted by molar-refractivity contribution is 0.313. The van der Waals surface area contributed by atoms with Crippen LogP contribution in [0.1, 0.15) is 47.0 Å². The standard InChI is InChI=1S/C13H24N2/c1-12(2,6-5-7-14)10-15-9-11-8-13(11,3)4/h11,15H,5-6,8-10H2,1-4H3. The van der Waals surface area contributed by atoms with E-state index in [0.717, 1.165) is 25.4 Å². The number of nitrogens with zero attached hydrogens (tertiary/aromatic N) is 1. The van der Waals surface area contributed by atoms with E-state index in [1.807, 2.05) is 0 Å². The Balaban J connectivity index is 2.12. The van der Waals surface area contributed by atoms with E-state index in [0.29, 0.717) is 11.8 Å². The molecular weight excluding hydrogens is 184 g/mol. The summed E-state index contributed by atoms with van der Waals surface area (Å²) in [6, 6.07) is 2.22. The van der Waals surface area contributed by atoms with Crippen LogP contribution >= 0.6 is 0 Å². The van der Waals surface area contributed by atoms with Crippen molar-refractivity contribution in [3.05, 3.63) is 0 Å². The molecule has 0 aromatic heterocycles. The Labute approximate surface area is 94.1 Å².